The fourth-order valence-corrected chi connectivity index (χ4v) is 3.32. The monoisotopic (exact) mass is 346 g/mol. The summed E-state index contributed by atoms with van der Waals surface area (Å²) in [7, 11) is 1.60. The van der Waals surface area contributed by atoms with Gasteiger partial charge in [-0.05, 0) is 25.5 Å². The molecule has 2 heterocycles. The molecule has 0 bridgehead atoms. The predicted molar refractivity (Wildman–Crippen MR) is 84.1 cm³/mol. The normalized spacial score (nSPS) is 10.7. The molecular formula is C13H12Cl2N2O3S. The number of hydrogen-bond donors (Lipinski definition) is 2. The predicted octanol–water partition coefficient (Wildman–Crippen LogP) is 3.96. The average Bonchev–Trinajstić information content (AvgIpc) is 2.81. The maximum absolute atomic E-state index is 12.3. The second-order valence-corrected chi connectivity index (χ2v) is 6.46. The van der Waals surface area contributed by atoms with Crippen LogP contribution in [0.5, 0.6) is 0 Å². The first kappa shape index (κ1) is 15.9. The Hall–Kier alpha value is -1.50. The van der Waals surface area contributed by atoms with Gasteiger partial charge in [-0.25, -0.2) is 4.79 Å². The van der Waals surface area contributed by atoms with Crippen LogP contribution in [0.1, 0.15) is 31.3 Å². The number of carbonyl (C=O) groups is 2. The minimum absolute atomic E-state index is 0.109. The van der Waals surface area contributed by atoms with Gasteiger partial charge < -0.3 is 15.0 Å². The summed E-state index contributed by atoms with van der Waals surface area (Å²) >= 11 is 13.0. The van der Waals surface area contributed by atoms with E-state index < -0.39 is 11.9 Å². The zero-order valence-corrected chi connectivity index (χ0v) is 13.8. The lowest BCUT2D eigenvalue weighted by atomic mass is 10.1. The van der Waals surface area contributed by atoms with Crippen LogP contribution in [0.3, 0.4) is 0 Å². The van der Waals surface area contributed by atoms with Gasteiger partial charge in [-0.3, -0.25) is 4.79 Å². The molecule has 2 N–H and O–H groups in total. The molecule has 0 aliphatic rings. The minimum Gasteiger partial charge on any atom is -0.478 e. The van der Waals surface area contributed by atoms with Gasteiger partial charge >= 0.3 is 5.97 Å². The fourth-order valence-electron chi connectivity index (χ4n) is 1.90. The van der Waals surface area contributed by atoms with Crippen molar-refractivity contribution in [2.75, 3.05) is 5.32 Å². The molecular weight excluding hydrogens is 335 g/mol. The molecule has 112 valence electrons. The van der Waals surface area contributed by atoms with Crippen molar-refractivity contribution in [1.82, 2.24) is 4.57 Å². The highest BCUT2D eigenvalue weighted by Gasteiger charge is 2.22. The molecule has 0 unspecified atom stereocenters. The number of carboxylic acid groups (broad SMARTS) is 1. The number of nitrogens with one attached hydrogen (secondary N) is 1. The van der Waals surface area contributed by atoms with Crippen molar-refractivity contribution in [2.45, 2.75) is 13.8 Å². The first-order valence-electron chi connectivity index (χ1n) is 5.89. The zero-order valence-electron chi connectivity index (χ0n) is 11.5. The fraction of sp³-hybridized carbons (Fsp3) is 0.231. The van der Waals surface area contributed by atoms with Crippen LogP contribution in [0.25, 0.3) is 0 Å². The third kappa shape index (κ3) is 2.79. The van der Waals surface area contributed by atoms with Gasteiger partial charge in [0, 0.05) is 11.9 Å². The number of rotatable bonds is 3. The van der Waals surface area contributed by atoms with E-state index in [4.69, 9.17) is 23.2 Å². The third-order valence-electron chi connectivity index (χ3n) is 3.18. The highest BCUT2D eigenvalue weighted by Crippen LogP contribution is 2.33. The summed E-state index contributed by atoms with van der Waals surface area (Å²) in [4.78, 5) is 24.4. The summed E-state index contributed by atoms with van der Waals surface area (Å²) in [5.74, 6) is -1.54. The number of aryl methyl sites for hydroxylation is 1. The van der Waals surface area contributed by atoms with E-state index in [1.165, 1.54) is 22.0 Å². The Labute approximate surface area is 135 Å². The Kier molecular flexibility index (Phi) is 4.32. The molecule has 8 heteroatoms. The molecule has 5 nitrogen and oxygen atoms in total. The number of carbonyl (C=O) groups excluding carboxylic acids is 1. The van der Waals surface area contributed by atoms with E-state index in [9.17, 15) is 14.7 Å². The Balaban J connectivity index is 2.38. The van der Waals surface area contributed by atoms with E-state index in [0.717, 1.165) is 4.88 Å². The van der Waals surface area contributed by atoms with Gasteiger partial charge in [0.2, 0.25) is 0 Å². The number of thiophene rings is 1. The maximum atomic E-state index is 12.3. The van der Waals surface area contributed by atoms with Crippen molar-refractivity contribution < 1.29 is 14.7 Å². The highest BCUT2D eigenvalue weighted by molar-refractivity contribution is 7.16. The molecule has 2 aromatic heterocycles. The number of hydrogen-bond acceptors (Lipinski definition) is 3. The third-order valence-corrected chi connectivity index (χ3v) is 5.14. The first-order valence-corrected chi connectivity index (χ1v) is 7.46. The summed E-state index contributed by atoms with van der Waals surface area (Å²) in [6.07, 6.45) is 0. The molecule has 1 amide bonds. The molecule has 0 saturated carbocycles. The largest absolute Gasteiger partial charge is 0.478 e. The molecule has 21 heavy (non-hydrogen) atoms. The van der Waals surface area contributed by atoms with Crippen LogP contribution in [0.4, 0.5) is 5.00 Å². The Morgan fingerprint density at radius 2 is 1.95 bits per heavy atom. The van der Waals surface area contributed by atoms with Gasteiger partial charge in [0.25, 0.3) is 5.91 Å². The minimum atomic E-state index is -1.07. The molecule has 2 rings (SSSR count). The molecule has 2 aromatic rings. The Bertz CT molecular complexity index is 749. The lowest BCUT2D eigenvalue weighted by Gasteiger charge is -2.06. The number of anilines is 1. The van der Waals surface area contributed by atoms with Gasteiger partial charge in [0.05, 0.1) is 10.6 Å². The van der Waals surface area contributed by atoms with Crippen molar-refractivity contribution in [2.24, 2.45) is 7.05 Å². The van der Waals surface area contributed by atoms with Crippen molar-refractivity contribution in [3.05, 3.63) is 37.9 Å². The van der Waals surface area contributed by atoms with Crippen LogP contribution < -0.4 is 5.32 Å². The molecule has 0 radical (unpaired) electrons. The molecule has 0 aliphatic heterocycles. The van der Waals surface area contributed by atoms with E-state index in [2.05, 4.69) is 5.32 Å². The quantitative estimate of drug-likeness (QED) is 0.883. The topological polar surface area (TPSA) is 71.3 Å². The van der Waals surface area contributed by atoms with Gasteiger partial charge in [0.1, 0.15) is 15.8 Å². The summed E-state index contributed by atoms with van der Waals surface area (Å²) in [5.41, 5.74) is 1.01. The molecule has 0 spiro atoms. The van der Waals surface area contributed by atoms with Crippen LogP contribution in [0, 0.1) is 13.8 Å². The smallest absolute Gasteiger partial charge is 0.338 e. The molecule has 0 aliphatic carbocycles. The standard InChI is InChI=1S/C13H12Cl2N2O3S/c1-5-6(2)21-12(9(5)13(19)20)16-11(18)8-4-7(14)10(15)17(8)3/h4H,1-3H3,(H,16,18)(H,19,20). The number of halogens is 2. The number of carboxylic acids is 1. The Morgan fingerprint density at radius 1 is 1.33 bits per heavy atom. The summed E-state index contributed by atoms with van der Waals surface area (Å²) < 4.78 is 1.44. The van der Waals surface area contributed by atoms with Crippen molar-refractivity contribution >= 4 is 51.4 Å². The number of aromatic carboxylic acids is 1. The second kappa shape index (κ2) is 5.71. The summed E-state index contributed by atoms with van der Waals surface area (Å²) in [6, 6.07) is 1.44. The van der Waals surface area contributed by atoms with Gasteiger partial charge in [-0.2, -0.15) is 0 Å². The number of amides is 1. The summed E-state index contributed by atoms with van der Waals surface area (Å²) in [6.45, 7) is 3.51. The van der Waals surface area contributed by atoms with Crippen LogP contribution in [-0.4, -0.2) is 21.6 Å². The molecule has 0 atom stereocenters. The first-order chi connectivity index (χ1) is 9.73. The van der Waals surface area contributed by atoms with Crippen molar-refractivity contribution in [1.29, 1.82) is 0 Å². The summed E-state index contributed by atoms with van der Waals surface area (Å²) in [5, 5.41) is 12.7. The van der Waals surface area contributed by atoms with Crippen molar-refractivity contribution in [3.8, 4) is 0 Å². The molecule has 0 aromatic carbocycles. The van der Waals surface area contributed by atoms with E-state index in [-0.39, 0.29) is 21.4 Å². The SMILES string of the molecule is Cc1sc(NC(=O)c2cc(Cl)c(Cl)n2C)c(C(=O)O)c1C. The van der Waals surface area contributed by atoms with Crippen LogP contribution >= 0.6 is 34.5 Å². The number of nitrogens with zero attached hydrogens (tertiary/aromatic N) is 1. The zero-order chi connectivity index (χ0) is 15.9. The van der Waals surface area contributed by atoms with E-state index >= 15 is 0 Å². The number of aromatic nitrogens is 1. The lowest BCUT2D eigenvalue weighted by Crippen LogP contribution is -2.16. The van der Waals surface area contributed by atoms with Crippen LogP contribution in [0.2, 0.25) is 10.2 Å². The Morgan fingerprint density at radius 3 is 2.43 bits per heavy atom. The molecule has 0 fully saturated rings. The molecule has 0 saturated heterocycles. The van der Waals surface area contributed by atoms with E-state index in [0.29, 0.717) is 10.6 Å². The van der Waals surface area contributed by atoms with Crippen LogP contribution in [-0.2, 0) is 7.05 Å². The van der Waals surface area contributed by atoms with Gasteiger partial charge in [-0.15, -0.1) is 11.3 Å². The highest BCUT2D eigenvalue weighted by atomic mass is 35.5. The van der Waals surface area contributed by atoms with Gasteiger partial charge in [0.15, 0.2) is 0 Å². The van der Waals surface area contributed by atoms with E-state index in [1.807, 2.05) is 0 Å². The average molecular weight is 347 g/mol. The van der Waals surface area contributed by atoms with Gasteiger partial charge in [-0.1, -0.05) is 23.2 Å². The maximum Gasteiger partial charge on any atom is 0.338 e. The van der Waals surface area contributed by atoms with Crippen LogP contribution in [0.15, 0.2) is 6.07 Å². The van der Waals surface area contributed by atoms with Crippen molar-refractivity contribution in [3.63, 3.8) is 0 Å². The second-order valence-electron chi connectivity index (χ2n) is 4.47. The lowest BCUT2D eigenvalue weighted by molar-refractivity contribution is 0.0697. The van der Waals surface area contributed by atoms with E-state index in [1.54, 1.807) is 20.9 Å².